The first-order valence-electron chi connectivity index (χ1n) is 16.7. The summed E-state index contributed by atoms with van der Waals surface area (Å²) in [4.78, 5) is 15.5. The number of aliphatic hydroxyl groups excluding tert-OH is 1. The number of amides is 1. The van der Waals surface area contributed by atoms with Crippen LogP contribution in [0.25, 0.3) is 0 Å². The molecule has 10 atom stereocenters. The molecule has 6 rings (SSSR count). The lowest BCUT2D eigenvalue weighted by Crippen LogP contribution is -2.54. The van der Waals surface area contributed by atoms with Crippen molar-refractivity contribution >= 4 is 6.09 Å². The molecule has 41 heavy (non-hydrogen) atoms. The molecule has 1 spiro atoms. The van der Waals surface area contributed by atoms with E-state index in [2.05, 4.69) is 34.6 Å². The largest absolute Gasteiger partial charge is 0.445 e. The predicted molar refractivity (Wildman–Crippen MR) is 162 cm³/mol. The van der Waals surface area contributed by atoms with E-state index in [1.54, 1.807) is 5.57 Å². The minimum atomic E-state index is -0.273. The molecule has 1 amide bonds. The number of hydrogen-bond acceptors (Lipinski definition) is 4. The molecule has 0 radical (unpaired) electrons. The number of fused-ring (bicyclic) bond motifs is 2. The number of rotatable bonds is 5. The lowest BCUT2D eigenvalue weighted by atomic mass is 9.58. The zero-order valence-electron chi connectivity index (χ0n) is 26.1. The summed E-state index contributed by atoms with van der Waals surface area (Å²) in [7, 11) is 0. The van der Waals surface area contributed by atoms with Crippen molar-refractivity contribution in [3.05, 3.63) is 47.0 Å². The van der Waals surface area contributed by atoms with Gasteiger partial charge in [-0.2, -0.15) is 0 Å². The van der Waals surface area contributed by atoms with E-state index in [-0.39, 0.29) is 35.9 Å². The van der Waals surface area contributed by atoms with Crippen molar-refractivity contribution in [2.24, 2.45) is 35.0 Å². The van der Waals surface area contributed by atoms with Crippen LogP contribution in [0.4, 0.5) is 4.79 Å². The molecule has 2 saturated heterocycles. The zero-order chi connectivity index (χ0) is 28.9. The monoisotopic (exact) mass is 563 g/mol. The summed E-state index contributed by atoms with van der Waals surface area (Å²) in [6, 6.07) is 10.0. The SMILES string of the molecule is CCC[C@@H]1C[C@@H](O)CC[C@]1(C)[C@H]1CC2=C(C)C3(CC[C@H]2C1)O[C@@H]1C[C@H](C)CN(C(=O)OCc2ccccc2)[C@H]1[C@H]3C. The van der Waals surface area contributed by atoms with Crippen molar-refractivity contribution < 1.29 is 19.4 Å². The minimum absolute atomic E-state index is 0.0602. The van der Waals surface area contributed by atoms with Crippen LogP contribution in [-0.2, 0) is 16.1 Å². The van der Waals surface area contributed by atoms with E-state index in [0.717, 1.165) is 44.2 Å². The molecule has 4 fully saturated rings. The molecule has 3 aliphatic carbocycles. The van der Waals surface area contributed by atoms with Crippen molar-refractivity contribution in [2.45, 2.75) is 129 Å². The Morgan fingerprint density at radius 3 is 2.66 bits per heavy atom. The van der Waals surface area contributed by atoms with Crippen molar-refractivity contribution in [3.63, 3.8) is 0 Å². The number of likely N-dealkylation sites (tertiary alicyclic amines) is 1. The molecular formula is C36H53NO4. The fourth-order valence-electron chi connectivity index (χ4n) is 10.2. The fraction of sp³-hybridized carbons (Fsp3) is 0.750. The third-order valence-electron chi connectivity index (χ3n) is 12.5. The number of aliphatic hydroxyl groups is 1. The first kappa shape index (κ1) is 29.2. The molecule has 1 unspecified atom stereocenters. The summed E-state index contributed by atoms with van der Waals surface area (Å²) >= 11 is 0. The molecule has 0 bridgehead atoms. The maximum absolute atomic E-state index is 13.5. The van der Waals surface area contributed by atoms with Gasteiger partial charge in [-0.3, -0.25) is 0 Å². The topological polar surface area (TPSA) is 59.0 Å². The van der Waals surface area contributed by atoms with E-state index in [1.807, 2.05) is 35.2 Å². The van der Waals surface area contributed by atoms with E-state index < -0.39 is 0 Å². The Morgan fingerprint density at radius 2 is 1.90 bits per heavy atom. The van der Waals surface area contributed by atoms with Crippen molar-refractivity contribution in [2.75, 3.05) is 6.54 Å². The Labute approximate surface area is 248 Å². The average molecular weight is 564 g/mol. The molecule has 226 valence electrons. The quantitative estimate of drug-likeness (QED) is 0.370. The lowest BCUT2D eigenvalue weighted by molar-refractivity contribution is -0.0629. The van der Waals surface area contributed by atoms with E-state index in [9.17, 15) is 9.90 Å². The van der Waals surface area contributed by atoms with Crippen LogP contribution in [0.2, 0.25) is 0 Å². The third kappa shape index (κ3) is 5.07. The lowest BCUT2D eigenvalue weighted by Gasteiger charge is -2.47. The summed E-state index contributed by atoms with van der Waals surface area (Å²) in [6.45, 7) is 12.9. The molecule has 2 aliphatic heterocycles. The first-order valence-corrected chi connectivity index (χ1v) is 16.7. The van der Waals surface area contributed by atoms with E-state index in [0.29, 0.717) is 35.7 Å². The molecule has 2 saturated carbocycles. The Kier molecular flexibility index (Phi) is 8.08. The number of hydrogen-bond donors (Lipinski definition) is 1. The number of benzene rings is 1. The smallest absolute Gasteiger partial charge is 0.410 e. The number of piperidine rings is 1. The Morgan fingerprint density at radius 1 is 1.12 bits per heavy atom. The Bertz CT molecular complexity index is 1130. The van der Waals surface area contributed by atoms with E-state index >= 15 is 0 Å². The Hall–Kier alpha value is -1.85. The highest BCUT2D eigenvalue weighted by Crippen LogP contribution is 2.61. The van der Waals surface area contributed by atoms with Gasteiger partial charge < -0.3 is 19.5 Å². The standard InChI is InChI=1S/C36H53NO4/c1-6-10-28-19-30(38)14-15-35(28,5)29-18-27-13-16-36(24(3)31(27)20-29)25(4)33-32(41-36)17-23(2)21-37(33)34(39)40-22-26-11-8-7-9-12-26/h7-9,11-12,23,25,27-30,32-33,38H,6,10,13-22H2,1-5H3/t23-,25+,27-,28+,29+,30-,32+,33-,35-,36?/m0/s1. The maximum Gasteiger partial charge on any atom is 0.410 e. The fourth-order valence-corrected chi connectivity index (χ4v) is 10.2. The normalized spacial score (nSPS) is 42.3. The van der Waals surface area contributed by atoms with Crippen LogP contribution < -0.4 is 0 Å². The van der Waals surface area contributed by atoms with Gasteiger partial charge in [0, 0.05) is 12.5 Å². The van der Waals surface area contributed by atoms with Crippen LogP contribution in [0.5, 0.6) is 0 Å². The Balaban J connectivity index is 1.23. The van der Waals surface area contributed by atoms with Crippen LogP contribution in [-0.4, -0.2) is 46.5 Å². The number of carbonyl (C=O) groups excluding carboxylic acids is 1. The summed E-state index contributed by atoms with van der Waals surface area (Å²) in [6.07, 6.45) is 11.0. The highest BCUT2D eigenvalue weighted by Gasteiger charge is 2.61. The number of carbonyl (C=O) groups is 1. The van der Waals surface area contributed by atoms with Crippen molar-refractivity contribution in [3.8, 4) is 0 Å². The van der Waals surface area contributed by atoms with Crippen LogP contribution in [0.3, 0.4) is 0 Å². The van der Waals surface area contributed by atoms with Crippen molar-refractivity contribution in [1.82, 2.24) is 4.90 Å². The molecule has 1 aromatic rings. The summed E-state index contributed by atoms with van der Waals surface area (Å²) in [5.41, 5.74) is 4.21. The van der Waals surface area contributed by atoms with Gasteiger partial charge in [0.1, 0.15) is 6.61 Å². The number of ether oxygens (including phenoxy) is 2. The highest BCUT2D eigenvalue weighted by atomic mass is 16.6. The van der Waals surface area contributed by atoms with Gasteiger partial charge in [-0.15, -0.1) is 0 Å². The zero-order valence-corrected chi connectivity index (χ0v) is 26.1. The second kappa shape index (κ2) is 11.3. The van der Waals surface area contributed by atoms with Gasteiger partial charge in [-0.1, -0.05) is 76.4 Å². The third-order valence-corrected chi connectivity index (χ3v) is 12.5. The van der Waals surface area contributed by atoms with Gasteiger partial charge >= 0.3 is 6.09 Å². The maximum atomic E-state index is 13.5. The molecule has 5 nitrogen and oxygen atoms in total. The predicted octanol–water partition coefficient (Wildman–Crippen LogP) is 7.91. The molecule has 2 heterocycles. The van der Waals surface area contributed by atoms with Crippen LogP contribution in [0, 0.1) is 35.0 Å². The summed E-state index contributed by atoms with van der Waals surface area (Å²) < 4.78 is 13.1. The second-order valence-electron chi connectivity index (χ2n) is 14.8. The van der Waals surface area contributed by atoms with Gasteiger partial charge in [0.05, 0.1) is 23.9 Å². The summed E-state index contributed by atoms with van der Waals surface area (Å²) in [5.74, 6) is 2.61. The van der Waals surface area contributed by atoms with Gasteiger partial charge in [0.2, 0.25) is 0 Å². The van der Waals surface area contributed by atoms with E-state index in [4.69, 9.17) is 9.47 Å². The minimum Gasteiger partial charge on any atom is -0.445 e. The van der Waals surface area contributed by atoms with Gasteiger partial charge in [-0.05, 0) is 98.5 Å². The van der Waals surface area contributed by atoms with Crippen LogP contribution >= 0.6 is 0 Å². The summed E-state index contributed by atoms with van der Waals surface area (Å²) in [5, 5.41) is 10.5. The average Bonchev–Trinajstić information content (AvgIpc) is 3.52. The molecule has 5 heteroatoms. The first-order chi connectivity index (χ1) is 19.7. The molecule has 0 aromatic heterocycles. The molecular weight excluding hydrogens is 510 g/mol. The van der Waals surface area contributed by atoms with Crippen LogP contribution in [0.1, 0.15) is 104 Å². The van der Waals surface area contributed by atoms with E-state index in [1.165, 1.54) is 37.7 Å². The highest BCUT2D eigenvalue weighted by molar-refractivity contribution is 5.68. The number of allylic oxidation sites excluding steroid dienone is 1. The molecule has 1 aromatic carbocycles. The van der Waals surface area contributed by atoms with Crippen LogP contribution in [0.15, 0.2) is 41.5 Å². The van der Waals surface area contributed by atoms with Gasteiger partial charge in [0.15, 0.2) is 0 Å². The van der Waals surface area contributed by atoms with Gasteiger partial charge in [0.25, 0.3) is 0 Å². The van der Waals surface area contributed by atoms with Gasteiger partial charge in [-0.25, -0.2) is 4.79 Å². The molecule has 1 N–H and O–H groups in total. The molecule has 5 aliphatic rings. The van der Waals surface area contributed by atoms with Crippen molar-refractivity contribution in [1.29, 1.82) is 0 Å². The number of nitrogens with zero attached hydrogens (tertiary/aromatic N) is 1. The second-order valence-corrected chi connectivity index (χ2v) is 14.8.